The van der Waals surface area contributed by atoms with E-state index in [2.05, 4.69) is 44.8 Å². The molecule has 15 nitrogen and oxygen atoms in total. The minimum atomic E-state index is -0.968. The fraction of sp³-hybridized carbons (Fsp3) is 0.488. The molecule has 5 heterocycles. The van der Waals surface area contributed by atoms with E-state index < -0.39 is 29.7 Å². The van der Waals surface area contributed by atoms with Crippen LogP contribution in [0.25, 0.3) is 22.2 Å². The van der Waals surface area contributed by atoms with Crippen molar-refractivity contribution < 1.29 is 28.4 Å². The summed E-state index contributed by atoms with van der Waals surface area (Å²) < 4.78 is 16.9. The van der Waals surface area contributed by atoms with Gasteiger partial charge in [-0.25, -0.2) is 19.2 Å². The number of unbranched alkanes of at least 4 members (excludes halogenated alkanes) is 2. The van der Waals surface area contributed by atoms with Crippen LogP contribution in [0.3, 0.4) is 0 Å². The van der Waals surface area contributed by atoms with Gasteiger partial charge < -0.3 is 15.5 Å². The summed E-state index contributed by atoms with van der Waals surface area (Å²) in [4.78, 5) is 77.7. The van der Waals surface area contributed by atoms with Crippen molar-refractivity contribution in [1.82, 2.24) is 45.1 Å². The number of amides is 6. The van der Waals surface area contributed by atoms with Crippen LogP contribution in [-0.4, -0.2) is 115 Å². The van der Waals surface area contributed by atoms with Gasteiger partial charge in [0.2, 0.25) is 17.8 Å². The molecule has 310 valence electrons. The van der Waals surface area contributed by atoms with Gasteiger partial charge in [0.05, 0.1) is 16.8 Å². The Hall–Kier alpha value is -5.77. The molecule has 1 saturated carbocycles. The number of anilines is 1. The van der Waals surface area contributed by atoms with Crippen LogP contribution in [0.4, 0.5) is 15.1 Å². The molecular formula is C43H51FN10O5. The van der Waals surface area contributed by atoms with E-state index in [9.17, 15) is 24.0 Å². The van der Waals surface area contributed by atoms with Crippen LogP contribution in [0.5, 0.6) is 0 Å². The number of aryl methyl sites for hydroxylation is 2. The van der Waals surface area contributed by atoms with Crippen LogP contribution >= 0.6 is 0 Å². The lowest BCUT2D eigenvalue weighted by Gasteiger charge is -2.35. The molecule has 3 N–H and O–H groups in total. The number of benzene rings is 2. The normalized spacial score (nSPS) is 21.1. The van der Waals surface area contributed by atoms with Crippen molar-refractivity contribution in [1.29, 1.82) is 0 Å². The maximum atomic E-state index is 15.1. The van der Waals surface area contributed by atoms with E-state index >= 15 is 4.39 Å². The van der Waals surface area contributed by atoms with Crippen molar-refractivity contribution in [2.45, 2.75) is 95.7 Å². The summed E-state index contributed by atoms with van der Waals surface area (Å²) >= 11 is 0. The minimum absolute atomic E-state index is 0.0307. The van der Waals surface area contributed by atoms with Gasteiger partial charge in [-0.15, -0.1) is 0 Å². The molecule has 0 radical (unpaired) electrons. The number of aromatic nitrogens is 4. The number of piperidine rings is 1. The highest BCUT2D eigenvalue weighted by molar-refractivity contribution is 6.23. The lowest BCUT2D eigenvalue weighted by molar-refractivity contribution is -0.136. The van der Waals surface area contributed by atoms with E-state index in [0.29, 0.717) is 46.9 Å². The third-order valence-corrected chi connectivity index (χ3v) is 12.1. The van der Waals surface area contributed by atoms with E-state index in [4.69, 9.17) is 4.98 Å². The topological polar surface area (TPSA) is 175 Å². The van der Waals surface area contributed by atoms with Crippen LogP contribution in [0, 0.1) is 5.82 Å². The van der Waals surface area contributed by atoms with Crippen molar-refractivity contribution >= 4 is 46.5 Å². The molecule has 2 aromatic heterocycles. The van der Waals surface area contributed by atoms with Gasteiger partial charge in [0, 0.05) is 74.6 Å². The number of rotatable bonds is 12. The highest BCUT2D eigenvalue weighted by atomic mass is 19.1. The third kappa shape index (κ3) is 8.40. The SMILES string of the molecule is CC(C)c1c2cc(-c3ccnc(N[C@H]4CC[C@H](NC(=O)N5CCN(CCCCCc6ccc7c(c6)C(=O)N(C6CCC(=O)NC6=O)C7=O)CC5)C4)n3)cc(F)c2nn1C. The average Bonchev–Trinajstić information content (AvgIpc) is 3.87. The van der Waals surface area contributed by atoms with Crippen molar-refractivity contribution in [3.8, 4) is 11.3 Å². The molecule has 1 unspecified atom stereocenters. The molecule has 59 heavy (non-hydrogen) atoms. The van der Waals surface area contributed by atoms with Crippen LogP contribution in [-0.2, 0) is 23.1 Å². The molecule has 2 aromatic carbocycles. The number of hydrogen-bond acceptors (Lipinski definition) is 10. The zero-order valence-corrected chi connectivity index (χ0v) is 33.8. The predicted molar refractivity (Wildman–Crippen MR) is 218 cm³/mol. The first-order chi connectivity index (χ1) is 28.4. The van der Waals surface area contributed by atoms with Crippen molar-refractivity contribution in [3.63, 3.8) is 0 Å². The number of nitrogens with one attached hydrogen (secondary N) is 3. The van der Waals surface area contributed by atoms with Gasteiger partial charge in [0.15, 0.2) is 5.82 Å². The highest BCUT2D eigenvalue weighted by Crippen LogP contribution is 2.32. The van der Waals surface area contributed by atoms with E-state index in [1.165, 1.54) is 6.07 Å². The van der Waals surface area contributed by atoms with Crippen molar-refractivity contribution in [2.24, 2.45) is 7.05 Å². The first-order valence-electron chi connectivity index (χ1n) is 20.8. The summed E-state index contributed by atoms with van der Waals surface area (Å²) in [5.74, 6) is -1.71. The number of imide groups is 2. The molecule has 4 aliphatic rings. The van der Waals surface area contributed by atoms with Gasteiger partial charge in [-0.1, -0.05) is 26.3 Å². The number of carbonyl (C=O) groups excluding carboxylic acids is 5. The van der Waals surface area contributed by atoms with E-state index in [0.717, 1.165) is 86.1 Å². The summed E-state index contributed by atoms with van der Waals surface area (Å²) in [5.41, 5.74) is 4.20. The Morgan fingerprint density at radius 3 is 2.49 bits per heavy atom. The quantitative estimate of drug-likeness (QED) is 0.134. The van der Waals surface area contributed by atoms with Crippen LogP contribution in [0.2, 0.25) is 0 Å². The maximum absolute atomic E-state index is 15.1. The zero-order chi connectivity index (χ0) is 41.4. The first kappa shape index (κ1) is 40.0. The number of fused-ring (bicyclic) bond motifs is 2. The van der Waals surface area contributed by atoms with Crippen LogP contribution in [0.1, 0.15) is 103 Å². The zero-order valence-electron chi connectivity index (χ0n) is 33.8. The van der Waals surface area contributed by atoms with Gasteiger partial charge in [0.1, 0.15) is 11.6 Å². The van der Waals surface area contributed by atoms with Crippen molar-refractivity contribution in [3.05, 3.63) is 70.8 Å². The summed E-state index contributed by atoms with van der Waals surface area (Å²) in [7, 11) is 1.84. The van der Waals surface area contributed by atoms with Crippen LogP contribution < -0.4 is 16.0 Å². The Kier molecular flexibility index (Phi) is 11.4. The fourth-order valence-electron chi connectivity index (χ4n) is 9.08. The lowest BCUT2D eigenvalue weighted by Crippen LogP contribution is -2.54. The molecule has 3 fully saturated rings. The molecular weight excluding hydrogens is 756 g/mol. The minimum Gasteiger partial charge on any atom is -0.351 e. The summed E-state index contributed by atoms with van der Waals surface area (Å²) in [5, 5.41) is 14.1. The highest BCUT2D eigenvalue weighted by Gasteiger charge is 2.44. The molecule has 6 amide bonds. The maximum Gasteiger partial charge on any atom is 0.317 e. The third-order valence-electron chi connectivity index (χ3n) is 12.1. The Morgan fingerprint density at radius 1 is 0.932 bits per heavy atom. The number of halogens is 1. The molecule has 2 saturated heterocycles. The van der Waals surface area contributed by atoms with Crippen molar-refractivity contribution in [2.75, 3.05) is 38.0 Å². The molecule has 3 atom stereocenters. The standard InChI is InChI=1S/C43H51FN10O5/c1-25(2)38-32-22-27(23-33(44)37(32)50-51(38)3)34-14-15-45-42(48-34)46-28-9-10-29(24-28)47-43(59)53-19-17-52(18-20-53)16-6-4-5-7-26-8-11-30-31(21-26)41(58)54(40(30)57)35-12-13-36(55)49-39(35)56/h8,11,14-15,21-23,25,28-29,35H,4-7,9-10,12-13,16-20,24H2,1-3H3,(H,47,59)(H,45,46,48)(H,49,55,56)/t28-,29-,35?/m0/s1. The Labute approximate surface area is 342 Å². The number of hydrogen-bond donors (Lipinski definition) is 3. The Morgan fingerprint density at radius 2 is 1.71 bits per heavy atom. The smallest absolute Gasteiger partial charge is 0.317 e. The van der Waals surface area contributed by atoms with Gasteiger partial charge >= 0.3 is 6.03 Å². The molecule has 0 bridgehead atoms. The lowest BCUT2D eigenvalue weighted by atomic mass is 10.0. The monoisotopic (exact) mass is 806 g/mol. The first-order valence-corrected chi connectivity index (χ1v) is 20.8. The molecule has 16 heteroatoms. The van der Waals surface area contributed by atoms with Gasteiger partial charge in [0.25, 0.3) is 11.8 Å². The second-order valence-corrected chi connectivity index (χ2v) is 16.6. The predicted octanol–water partition coefficient (Wildman–Crippen LogP) is 4.77. The van der Waals surface area contributed by atoms with Gasteiger partial charge in [-0.2, -0.15) is 5.10 Å². The summed E-state index contributed by atoms with van der Waals surface area (Å²) in [6.07, 6.45) is 8.09. The van der Waals surface area contributed by atoms with E-state index in [-0.39, 0.29) is 42.7 Å². The summed E-state index contributed by atoms with van der Waals surface area (Å²) in [6, 6.07) is 9.66. The molecule has 4 aromatic rings. The number of piperazine rings is 1. The van der Waals surface area contributed by atoms with Gasteiger partial charge in [-0.3, -0.25) is 39.0 Å². The second kappa shape index (κ2) is 16.8. The fourth-order valence-corrected chi connectivity index (χ4v) is 9.08. The second-order valence-electron chi connectivity index (χ2n) is 16.6. The van der Waals surface area contributed by atoms with E-state index in [1.54, 1.807) is 29.1 Å². The number of carbonyl (C=O) groups is 5. The molecule has 0 spiro atoms. The largest absolute Gasteiger partial charge is 0.351 e. The number of nitrogens with zero attached hydrogens (tertiary/aromatic N) is 7. The molecule has 3 aliphatic heterocycles. The van der Waals surface area contributed by atoms with Gasteiger partial charge in [-0.05, 0) is 93.3 Å². The molecule has 1 aliphatic carbocycles. The van der Waals surface area contributed by atoms with E-state index in [1.807, 2.05) is 24.1 Å². The van der Waals surface area contributed by atoms with Crippen LogP contribution in [0.15, 0.2) is 42.6 Å². The summed E-state index contributed by atoms with van der Waals surface area (Å²) in [6.45, 7) is 8.05. The number of urea groups is 1. The average molecular weight is 807 g/mol. The Balaban J connectivity index is 0.743. The Bertz CT molecular complexity index is 2300. The molecule has 8 rings (SSSR count).